The van der Waals surface area contributed by atoms with E-state index < -0.39 is 0 Å². The molecule has 1 aliphatic carbocycles. The number of nitrogens with one attached hydrogen (secondary N) is 2. The smallest absolute Gasteiger partial charge is 0.191 e. The molecule has 2 unspecified atom stereocenters. The molecule has 0 radical (unpaired) electrons. The molecule has 0 bridgehead atoms. The van der Waals surface area contributed by atoms with Gasteiger partial charge >= 0.3 is 0 Å². The highest BCUT2D eigenvalue weighted by molar-refractivity contribution is 14.0. The van der Waals surface area contributed by atoms with Crippen molar-refractivity contribution in [1.29, 1.82) is 0 Å². The van der Waals surface area contributed by atoms with Crippen molar-refractivity contribution in [3.05, 3.63) is 0 Å². The molecule has 1 fully saturated rings. The highest BCUT2D eigenvalue weighted by Gasteiger charge is 2.20. The third-order valence-electron chi connectivity index (χ3n) is 4.31. The van der Waals surface area contributed by atoms with E-state index >= 15 is 0 Å². The van der Waals surface area contributed by atoms with Crippen LogP contribution in [0.3, 0.4) is 0 Å². The molecule has 0 heterocycles. The van der Waals surface area contributed by atoms with E-state index in [4.69, 9.17) is 14.5 Å². The van der Waals surface area contributed by atoms with E-state index in [9.17, 15) is 0 Å². The van der Waals surface area contributed by atoms with Gasteiger partial charge in [0, 0.05) is 33.4 Å². The minimum Gasteiger partial charge on any atom is -0.382 e. The van der Waals surface area contributed by atoms with Crippen molar-refractivity contribution in [3.8, 4) is 0 Å². The van der Waals surface area contributed by atoms with Crippen LogP contribution >= 0.6 is 24.0 Å². The summed E-state index contributed by atoms with van der Waals surface area (Å²) in [4.78, 5) is 4.77. The quantitative estimate of drug-likeness (QED) is 0.237. The summed E-state index contributed by atoms with van der Waals surface area (Å²) < 4.78 is 10.4. The Hall–Kier alpha value is -0.0800. The second-order valence-corrected chi connectivity index (χ2v) is 6.13. The summed E-state index contributed by atoms with van der Waals surface area (Å²) in [5.74, 6) is 2.51. The van der Waals surface area contributed by atoms with Crippen molar-refractivity contribution in [2.24, 2.45) is 16.8 Å². The Kier molecular flexibility index (Phi) is 15.4. The van der Waals surface area contributed by atoms with Gasteiger partial charge in [0.2, 0.25) is 0 Å². The Bertz CT molecular complexity index is 304. The molecular weight excluding hydrogens is 405 g/mol. The molecule has 2 N–H and O–H groups in total. The van der Waals surface area contributed by atoms with Gasteiger partial charge in [-0.2, -0.15) is 0 Å². The number of aliphatic imine (C=N–C) groups is 1. The molecule has 1 aliphatic rings. The standard InChI is InChI=1S/C17H35N3O2.HI/c1-4-18-17(19-10-7-11-22-13-12-21-3)20-14-16-9-6-5-8-15(16)2;/h15-16H,4-14H2,1-3H3,(H2,18,19,20);1H. The molecule has 1 saturated carbocycles. The largest absolute Gasteiger partial charge is 0.382 e. The maximum atomic E-state index is 5.46. The topological polar surface area (TPSA) is 54.9 Å². The lowest BCUT2D eigenvalue weighted by atomic mass is 9.80. The second kappa shape index (κ2) is 15.4. The number of hydrogen-bond donors (Lipinski definition) is 2. The first-order chi connectivity index (χ1) is 10.8. The first kappa shape index (κ1) is 22.9. The fraction of sp³-hybridized carbons (Fsp3) is 0.941. The average molecular weight is 441 g/mol. The highest BCUT2D eigenvalue weighted by atomic mass is 127. The molecule has 0 amide bonds. The maximum absolute atomic E-state index is 5.46. The van der Waals surface area contributed by atoms with Gasteiger partial charge in [-0.1, -0.05) is 26.2 Å². The molecule has 138 valence electrons. The predicted molar refractivity (Wildman–Crippen MR) is 108 cm³/mol. The van der Waals surface area contributed by atoms with E-state index in [0.29, 0.717) is 13.2 Å². The van der Waals surface area contributed by atoms with Crippen molar-refractivity contribution in [2.45, 2.75) is 46.0 Å². The summed E-state index contributed by atoms with van der Waals surface area (Å²) in [6.07, 6.45) is 6.43. The van der Waals surface area contributed by atoms with Crippen molar-refractivity contribution in [2.75, 3.05) is 46.6 Å². The Morgan fingerprint density at radius 3 is 2.61 bits per heavy atom. The third kappa shape index (κ3) is 11.2. The van der Waals surface area contributed by atoms with Crippen molar-refractivity contribution in [3.63, 3.8) is 0 Å². The Balaban J connectivity index is 0.00000484. The molecule has 0 aromatic carbocycles. The van der Waals surface area contributed by atoms with Crippen LogP contribution in [-0.2, 0) is 9.47 Å². The maximum Gasteiger partial charge on any atom is 0.191 e. The SMILES string of the molecule is CCNC(=NCC1CCCCC1C)NCCCOCCOC.I. The Morgan fingerprint density at radius 1 is 1.13 bits per heavy atom. The van der Waals surface area contributed by atoms with Gasteiger partial charge in [0.1, 0.15) is 0 Å². The molecule has 0 spiro atoms. The van der Waals surface area contributed by atoms with Gasteiger partial charge in [-0.15, -0.1) is 24.0 Å². The normalized spacial score (nSPS) is 21.6. The Morgan fingerprint density at radius 2 is 1.91 bits per heavy atom. The van der Waals surface area contributed by atoms with Crippen LogP contribution in [0, 0.1) is 11.8 Å². The zero-order chi connectivity index (χ0) is 16.0. The van der Waals surface area contributed by atoms with E-state index in [2.05, 4.69) is 24.5 Å². The van der Waals surface area contributed by atoms with Gasteiger partial charge in [0.15, 0.2) is 5.96 Å². The Labute approximate surface area is 159 Å². The molecule has 23 heavy (non-hydrogen) atoms. The summed E-state index contributed by atoms with van der Waals surface area (Å²) in [5.41, 5.74) is 0. The van der Waals surface area contributed by atoms with Gasteiger partial charge in [-0.25, -0.2) is 0 Å². The molecule has 0 aromatic heterocycles. The fourth-order valence-electron chi connectivity index (χ4n) is 2.84. The van der Waals surface area contributed by atoms with E-state index in [1.807, 2.05) is 0 Å². The lowest BCUT2D eigenvalue weighted by Gasteiger charge is -2.27. The number of ether oxygens (including phenoxy) is 2. The summed E-state index contributed by atoms with van der Waals surface area (Å²) in [6, 6.07) is 0. The summed E-state index contributed by atoms with van der Waals surface area (Å²) in [5, 5.41) is 6.72. The zero-order valence-electron chi connectivity index (χ0n) is 15.1. The summed E-state index contributed by atoms with van der Waals surface area (Å²) in [7, 11) is 1.69. The van der Waals surface area contributed by atoms with E-state index in [-0.39, 0.29) is 24.0 Å². The molecular formula is C17H36IN3O2. The van der Waals surface area contributed by atoms with Crippen LogP contribution in [0.5, 0.6) is 0 Å². The number of rotatable bonds is 10. The van der Waals surface area contributed by atoms with Crippen LogP contribution in [0.1, 0.15) is 46.0 Å². The average Bonchev–Trinajstić information content (AvgIpc) is 2.53. The molecule has 0 aliphatic heterocycles. The van der Waals surface area contributed by atoms with E-state index in [1.165, 1.54) is 25.7 Å². The minimum absolute atomic E-state index is 0. The van der Waals surface area contributed by atoms with Gasteiger partial charge in [0.25, 0.3) is 0 Å². The summed E-state index contributed by atoms with van der Waals surface area (Å²) >= 11 is 0. The van der Waals surface area contributed by atoms with E-state index in [0.717, 1.165) is 50.5 Å². The lowest BCUT2D eigenvalue weighted by Crippen LogP contribution is -2.38. The number of methoxy groups -OCH3 is 1. The van der Waals surface area contributed by atoms with Crippen LogP contribution in [-0.4, -0.2) is 52.5 Å². The third-order valence-corrected chi connectivity index (χ3v) is 4.31. The number of nitrogens with zero attached hydrogens (tertiary/aromatic N) is 1. The van der Waals surface area contributed by atoms with Crippen LogP contribution in [0.15, 0.2) is 4.99 Å². The molecule has 5 nitrogen and oxygen atoms in total. The van der Waals surface area contributed by atoms with Gasteiger partial charge in [-0.05, 0) is 31.6 Å². The van der Waals surface area contributed by atoms with Crippen molar-refractivity contribution in [1.82, 2.24) is 10.6 Å². The van der Waals surface area contributed by atoms with Gasteiger partial charge in [-0.3, -0.25) is 4.99 Å². The van der Waals surface area contributed by atoms with Gasteiger partial charge < -0.3 is 20.1 Å². The van der Waals surface area contributed by atoms with Crippen LogP contribution < -0.4 is 10.6 Å². The van der Waals surface area contributed by atoms with Crippen molar-refractivity contribution < 1.29 is 9.47 Å². The minimum atomic E-state index is 0. The fourth-order valence-corrected chi connectivity index (χ4v) is 2.84. The van der Waals surface area contributed by atoms with E-state index in [1.54, 1.807) is 7.11 Å². The second-order valence-electron chi connectivity index (χ2n) is 6.13. The predicted octanol–water partition coefficient (Wildman–Crippen LogP) is 3.04. The monoisotopic (exact) mass is 441 g/mol. The van der Waals surface area contributed by atoms with Crippen LogP contribution in [0.25, 0.3) is 0 Å². The number of guanidine groups is 1. The first-order valence-electron chi connectivity index (χ1n) is 8.86. The lowest BCUT2D eigenvalue weighted by molar-refractivity contribution is 0.0698. The van der Waals surface area contributed by atoms with Crippen LogP contribution in [0.2, 0.25) is 0 Å². The zero-order valence-corrected chi connectivity index (χ0v) is 17.4. The molecule has 6 heteroatoms. The van der Waals surface area contributed by atoms with Crippen molar-refractivity contribution >= 4 is 29.9 Å². The number of halogens is 1. The molecule has 0 saturated heterocycles. The summed E-state index contributed by atoms with van der Waals surface area (Å²) in [6.45, 7) is 9.30. The molecule has 2 atom stereocenters. The highest BCUT2D eigenvalue weighted by Crippen LogP contribution is 2.29. The first-order valence-corrected chi connectivity index (χ1v) is 8.86. The van der Waals surface area contributed by atoms with Gasteiger partial charge in [0.05, 0.1) is 13.2 Å². The number of hydrogen-bond acceptors (Lipinski definition) is 3. The molecule has 0 aromatic rings. The molecule has 1 rings (SSSR count). The van der Waals surface area contributed by atoms with Crippen LogP contribution in [0.4, 0.5) is 0 Å².